The Hall–Kier alpha value is -2.25. The maximum atomic E-state index is 11.5. The smallest absolute Gasteiger partial charge is 0.407 e. The maximum Gasteiger partial charge on any atom is 0.407 e. The SMILES string of the molecule is CN=C(NCCCn1ccnc1)NCCNC(=O)OC(C)(C)C. The van der Waals surface area contributed by atoms with E-state index in [2.05, 4.69) is 25.9 Å². The number of alkyl carbamates (subject to hydrolysis) is 1. The van der Waals surface area contributed by atoms with Gasteiger partial charge in [0.1, 0.15) is 5.60 Å². The molecule has 3 N–H and O–H groups in total. The lowest BCUT2D eigenvalue weighted by molar-refractivity contribution is 0.0529. The number of imidazole rings is 1. The molecular weight excluding hydrogens is 296 g/mol. The molecule has 1 aromatic rings. The first-order valence-electron chi connectivity index (χ1n) is 7.78. The highest BCUT2D eigenvalue weighted by atomic mass is 16.6. The van der Waals surface area contributed by atoms with E-state index in [0.717, 1.165) is 19.5 Å². The van der Waals surface area contributed by atoms with Gasteiger partial charge in [0.25, 0.3) is 0 Å². The molecule has 0 spiro atoms. The molecule has 0 aliphatic carbocycles. The first-order valence-corrected chi connectivity index (χ1v) is 7.78. The molecule has 1 amide bonds. The molecule has 0 bridgehead atoms. The fraction of sp³-hybridized carbons (Fsp3) is 0.667. The third-order valence-electron chi connectivity index (χ3n) is 2.75. The molecule has 8 nitrogen and oxygen atoms in total. The normalized spacial score (nSPS) is 11.9. The Morgan fingerprint density at radius 2 is 1.91 bits per heavy atom. The Morgan fingerprint density at radius 3 is 2.52 bits per heavy atom. The van der Waals surface area contributed by atoms with Crippen LogP contribution in [0.2, 0.25) is 0 Å². The number of aromatic nitrogens is 2. The predicted molar refractivity (Wildman–Crippen MR) is 90.4 cm³/mol. The number of ether oxygens (including phenoxy) is 1. The molecule has 0 atom stereocenters. The van der Waals surface area contributed by atoms with E-state index in [9.17, 15) is 4.79 Å². The summed E-state index contributed by atoms with van der Waals surface area (Å²) in [4.78, 5) is 19.6. The average molecular weight is 324 g/mol. The van der Waals surface area contributed by atoms with E-state index in [1.54, 1.807) is 19.6 Å². The van der Waals surface area contributed by atoms with Gasteiger partial charge >= 0.3 is 6.09 Å². The minimum absolute atomic E-state index is 0.414. The van der Waals surface area contributed by atoms with Crippen LogP contribution in [0.15, 0.2) is 23.7 Å². The van der Waals surface area contributed by atoms with Crippen molar-refractivity contribution in [2.45, 2.75) is 39.3 Å². The van der Waals surface area contributed by atoms with Crippen molar-refractivity contribution in [1.29, 1.82) is 0 Å². The predicted octanol–water partition coefficient (Wildman–Crippen LogP) is 0.963. The first kappa shape index (κ1) is 18.8. The summed E-state index contributed by atoms with van der Waals surface area (Å²) in [5.74, 6) is 0.710. The molecule has 0 unspecified atom stereocenters. The van der Waals surface area contributed by atoms with Gasteiger partial charge in [0.2, 0.25) is 0 Å². The van der Waals surface area contributed by atoms with Gasteiger partial charge in [-0.15, -0.1) is 0 Å². The summed E-state index contributed by atoms with van der Waals surface area (Å²) in [6, 6.07) is 0. The van der Waals surface area contributed by atoms with Crippen LogP contribution in [0.4, 0.5) is 4.79 Å². The Kier molecular flexibility index (Phi) is 7.93. The Labute approximate surface area is 137 Å². The van der Waals surface area contributed by atoms with Crippen LogP contribution in [0.25, 0.3) is 0 Å². The quantitative estimate of drug-likeness (QED) is 0.395. The van der Waals surface area contributed by atoms with Crippen molar-refractivity contribution in [3.05, 3.63) is 18.7 Å². The van der Waals surface area contributed by atoms with Crippen LogP contribution in [0.3, 0.4) is 0 Å². The summed E-state index contributed by atoms with van der Waals surface area (Å²) < 4.78 is 7.19. The Bertz CT molecular complexity index is 479. The molecule has 0 radical (unpaired) electrons. The second-order valence-electron chi connectivity index (χ2n) is 6.01. The summed E-state index contributed by atoms with van der Waals surface area (Å²) in [5.41, 5.74) is -0.482. The highest BCUT2D eigenvalue weighted by Gasteiger charge is 2.15. The standard InChI is InChI=1S/C15H28N6O2/c1-15(2,3)23-14(22)20-8-7-19-13(16-4)18-6-5-10-21-11-9-17-12-21/h9,11-12H,5-8,10H2,1-4H3,(H,20,22)(H2,16,18,19). The number of hydrogen-bond acceptors (Lipinski definition) is 4. The summed E-state index contributed by atoms with van der Waals surface area (Å²) >= 11 is 0. The van der Waals surface area contributed by atoms with E-state index >= 15 is 0 Å². The van der Waals surface area contributed by atoms with Crippen LogP contribution in [-0.2, 0) is 11.3 Å². The summed E-state index contributed by atoms with van der Waals surface area (Å²) in [6.07, 6.45) is 6.06. The van der Waals surface area contributed by atoms with Crippen LogP contribution in [0, 0.1) is 0 Å². The molecule has 130 valence electrons. The van der Waals surface area contributed by atoms with Crippen molar-refractivity contribution < 1.29 is 9.53 Å². The number of rotatable bonds is 7. The van der Waals surface area contributed by atoms with Crippen LogP contribution in [-0.4, -0.2) is 53.9 Å². The number of amides is 1. The molecule has 0 aromatic carbocycles. The highest BCUT2D eigenvalue weighted by molar-refractivity contribution is 5.79. The lowest BCUT2D eigenvalue weighted by Gasteiger charge is -2.19. The number of hydrogen-bond donors (Lipinski definition) is 3. The number of guanidine groups is 1. The third kappa shape index (κ3) is 9.38. The zero-order chi connectivity index (χ0) is 17.1. The van der Waals surface area contributed by atoms with E-state index in [0.29, 0.717) is 19.0 Å². The Morgan fingerprint density at radius 1 is 1.22 bits per heavy atom. The van der Waals surface area contributed by atoms with Crippen LogP contribution in [0.1, 0.15) is 27.2 Å². The van der Waals surface area contributed by atoms with Gasteiger partial charge < -0.3 is 25.3 Å². The number of carbonyl (C=O) groups excluding carboxylic acids is 1. The van der Waals surface area contributed by atoms with E-state index in [1.165, 1.54) is 0 Å². The molecule has 0 aliphatic heterocycles. The van der Waals surface area contributed by atoms with Crippen molar-refractivity contribution in [3.63, 3.8) is 0 Å². The monoisotopic (exact) mass is 324 g/mol. The van der Waals surface area contributed by atoms with Gasteiger partial charge in [-0.3, -0.25) is 4.99 Å². The number of nitrogens with one attached hydrogen (secondary N) is 3. The summed E-state index contributed by atoms with van der Waals surface area (Å²) in [7, 11) is 1.71. The average Bonchev–Trinajstić information content (AvgIpc) is 2.97. The molecule has 8 heteroatoms. The van der Waals surface area contributed by atoms with Gasteiger partial charge in [-0.2, -0.15) is 0 Å². The van der Waals surface area contributed by atoms with E-state index in [4.69, 9.17) is 4.74 Å². The zero-order valence-corrected chi connectivity index (χ0v) is 14.4. The minimum Gasteiger partial charge on any atom is -0.444 e. The van der Waals surface area contributed by atoms with Crippen molar-refractivity contribution >= 4 is 12.1 Å². The van der Waals surface area contributed by atoms with Crippen molar-refractivity contribution in [1.82, 2.24) is 25.5 Å². The van der Waals surface area contributed by atoms with Crippen LogP contribution < -0.4 is 16.0 Å². The molecule has 0 aliphatic rings. The zero-order valence-electron chi connectivity index (χ0n) is 14.4. The van der Waals surface area contributed by atoms with E-state index in [1.807, 2.05) is 31.5 Å². The van der Waals surface area contributed by atoms with Crippen molar-refractivity contribution in [2.75, 3.05) is 26.7 Å². The second kappa shape index (κ2) is 9.70. The molecule has 0 saturated heterocycles. The van der Waals surface area contributed by atoms with Gasteiger partial charge in [-0.25, -0.2) is 9.78 Å². The molecule has 1 aromatic heterocycles. The van der Waals surface area contributed by atoms with Gasteiger partial charge in [0.15, 0.2) is 5.96 Å². The molecule has 0 saturated carbocycles. The number of carbonyl (C=O) groups is 1. The lowest BCUT2D eigenvalue weighted by atomic mass is 10.2. The second-order valence-corrected chi connectivity index (χ2v) is 6.01. The third-order valence-corrected chi connectivity index (χ3v) is 2.75. The fourth-order valence-electron chi connectivity index (χ4n) is 1.77. The molecule has 1 heterocycles. The first-order chi connectivity index (χ1) is 10.9. The number of nitrogens with zero attached hydrogens (tertiary/aromatic N) is 3. The van der Waals surface area contributed by atoms with E-state index < -0.39 is 11.7 Å². The van der Waals surface area contributed by atoms with Crippen molar-refractivity contribution in [2.24, 2.45) is 4.99 Å². The molecule has 1 rings (SSSR count). The molecule has 23 heavy (non-hydrogen) atoms. The van der Waals surface area contributed by atoms with Gasteiger partial charge in [-0.05, 0) is 27.2 Å². The minimum atomic E-state index is -0.482. The number of aliphatic imine (C=N–C) groups is 1. The Balaban J connectivity index is 2.08. The van der Waals surface area contributed by atoms with Gasteiger partial charge in [-0.1, -0.05) is 0 Å². The largest absolute Gasteiger partial charge is 0.444 e. The summed E-state index contributed by atoms with van der Waals surface area (Å²) in [6.45, 7) is 8.24. The van der Waals surface area contributed by atoms with Crippen molar-refractivity contribution in [3.8, 4) is 0 Å². The van der Waals surface area contributed by atoms with Crippen LogP contribution in [0.5, 0.6) is 0 Å². The topological polar surface area (TPSA) is 92.6 Å². The fourth-order valence-corrected chi connectivity index (χ4v) is 1.77. The van der Waals surface area contributed by atoms with Gasteiger partial charge in [0, 0.05) is 45.6 Å². The van der Waals surface area contributed by atoms with Crippen LogP contribution >= 0.6 is 0 Å². The molecular formula is C15H28N6O2. The summed E-state index contributed by atoms with van der Waals surface area (Å²) in [5, 5.41) is 9.04. The van der Waals surface area contributed by atoms with E-state index in [-0.39, 0.29) is 0 Å². The number of aryl methyl sites for hydroxylation is 1. The maximum absolute atomic E-state index is 11.5. The lowest BCUT2D eigenvalue weighted by Crippen LogP contribution is -2.42. The highest BCUT2D eigenvalue weighted by Crippen LogP contribution is 2.05. The van der Waals surface area contributed by atoms with Gasteiger partial charge in [0.05, 0.1) is 6.33 Å². The molecule has 0 fully saturated rings.